The minimum atomic E-state index is -0.168. The molecule has 7 heteroatoms. The predicted molar refractivity (Wildman–Crippen MR) is 122 cm³/mol. The van der Waals surface area contributed by atoms with Crippen molar-refractivity contribution in [2.24, 2.45) is 0 Å². The van der Waals surface area contributed by atoms with Gasteiger partial charge in [0, 0.05) is 11.6 Å². The lowest BCUT2D eigenvalue weighted by atomic mass is 10.2. The highest BCUT2D eigenvalue weighted by atomic mass is 16.5. The molecule has 32 heavy (non-hydrogen) atoms. The Bertz CT molecular complexity index is 1200. The molecule has 1 heterocycles. The number of methoxy groups -OCH3 is 2. The highest BCUT2D eigenvalue weighted by Gasteiger charge is 2.13. The smallest absolute Gasteiger partial charge is 0.251 e. The molecule has 4 rings (SSSR count). The normalized spacial score (nSPS) is 10.7. The Morgan fingerprint density at radius 1 is 0.906 bits per heavy atom. The summed E-state index contributed by atoms with van der Waals surface area (Å²) in [7, 11) is 3.22. The van der Waals surface area contributed by atoms with Crippen LogP contribution in [-0.2, 0) is 13.1 Å². The summed E-state index contributed by atoms with van der Waals surface area (Å²) >= 11 is 0. The van der Waals surface area contributed by atoms with E-state index in [2.05, 4.69) is 9.88 Å². The second-order valence-electron chi connectivity index (χ2n) is 7.11. The second-order valence-corrected chi connectivity index (χ2v) is 7.11. The SMILES string of the molecule is COc1ccc(C(=O)NCc2nc3ccccc3n2CCOc2cccc(OC)c2)cc1. The van der Waals surface area contributed by atoms with Gasteiger partial charge in [0.25, 0.3) is 5.91 Å². The summed E-state index contributed by atoms with van der Waals surface area (Å²) in [6.45, 7) is 1.34. The minimum absolute atomic E-state index is 0.168. The van der Waals surface area contributed by atoms with E-state index in [1.807, 2.05) is 48.5 Å². The van der Waals surface area contributed by atoms with Crippen molar-refractivity contribution >= 4 is 16.9 Å². The second kappa shape index (κ2) is 9.87. The van der Waals surface area contributed by atoms with Crippen molar-refractivity contribution < 1.29 is 19.0 Å². The van der Waals surface area contributed by atoms with Crippen LogP contribution in [0, 0.1) is 0 Å². The quantitative estimate of drug-likeness (QED) is 0.433. The molecular formula is C25H25N3O4. The number of carbonyl (C=O) groups excluding carboxylic acids is 1. The molecule has 7 nitrogen and oxygen atoms in total. The summed E-state index contributed by atoms with van der Waals surface area (Å²) in [6, 6.07) is 22.4. The summed E-state index contributed by atoms with van der Waals surface area (Å²) in [6.07, 6.45) is 0. The van der Waals surface area contributed by atoms with E-state index in [1.54, 1.807) is 38.5 Å². The first-order chi connectivity index (χ1) is 15.7. The molecule has 0 aliphatic rings. The third-order valence-electron chi connectivity index (χ3n) is 5.12. The molecular weight excluding hydrogens is 406 g/mol. The molecule has 0 unspecified atom stereocenters. The van der Waals surface area contributed by atoms with E-state index in [4.69, 9.17) is 19.2 Å². The predicted octanol–water partition coefficient (Wildman–Crippen LogP) is 4.06. The molecule has 1 aromatic heterocycles. The number of ether oxygens (including phenoxy) is 3. The summed E-state index contributed by atoms with van der Waals surface area (Å²) < 4.78 is 18.4. The number of imidazole rings is 1. The van der Waals surface area contributed by atoms with Crippen LogP contribution in [-0.4, -0.2) is 36.3 Å². The van der Waals surface area contributed by atoms with Gasteiger partial charge in [0.15, 0.2) is 0 Å². The van der Waals surface area contributed by atoms with Gasteiger partial charge in [-0.15, -0.1) is 0 Å². The summed E-state index contributed by atoms with van der Waals surface area (Å²) in [5.74, 6) is 2.79. The maximum Gasteiger partial charge on any atom is 0.251 e. The molecule has 1 N–H and O–H groups in total. The molecule has 0 atom stereocenters. The van der Waals surface area contributed by atoms with Crippen molar-refractivity contribution in [2.75, 3.05) is 20.8 Å². The van der Waals surface area contributed by atoms with E-state index < -0.39 is 0 Å². The lowest BCUT2D eigenvalue weighted by Crippen LogP contribution is -2.25. The van der Waals surface area contributed by atoms with Crippen LogP contribution in [0.3, 0.4) is 0 Å². The number of nitrogens with zero attached hydrogens (tertiary/aromatic N) is 2. The number of hydrogen-bond acceptors (Lipinski definition) is 5. The zero-order valence-electron chi connectivity index (χ0n) is 18.1. The number of nitrogens with one attached hydrogen (secondary N) is 1. The van der Waals surface area contributed by atoms with Crippen LogP contribution in [0.5, 0.6) is 17.2 Å². The molecule has 0 saturated carbocycles. The largest absolute Gasteiger partial charge is 0.497 e. The summed E-state index contributed by atoms with van der Waals surface area (Å²) in [5.41, 5.74) is 2.44. The fourth-order valence-electron chi connectivity index (χ4n) is 3.46. The monoisotopic (exact) mass is 431 g/mol. The standard InChI is InChI=1S/C25H25N3O4/c1-30-19-12-10-18(11-13-19)25(29)26-17-24-27-22-8-3-4-9-23(22)28(24)14-15-32-21-7-5-6-20(16-21)31-2/h3-13,16H,14-15,17H2,1-2H3,(H,26,29). The van der Waals surface area contributed by atoms with Crippen molar-refractivity contribution in [3.8, 4) is 17.2 Å². The van der Waals surface area contributed by atoms with Crippen LogP contribution >= 0.6 is 0 Å². The van der Waals surface area contributed by atoms with Crippen LogP contribution in [0.25, 0.3) is 11.0 Å². The van der Waals surface area contributed by atoms with Gasteiger partial charge in [-0.3, -0.25) is 4.79 Å². The number of para-hydroxylation sites is 2. The summed E-state index contributed by atoms with van der Waals surface area (Å²) in [5, 5.41) is 2.96. The highest BCUT2D eigenvalue weighted by molar-refractivity contribution is 5.94. The lowest BCUT2D eigenvalue weighted by molar-refractivity contribution is 0.0949. The average molecular weight is 431 g/mol. The number of aromatic nitrogens is 2. The molecule has 0 spiro atoms. The van der Waals surface area contributed by atoms with Gasteiger partial charge in [-0.25, -0.2) is 4.98 Å². The van der Waals surface area contributed by atoms with Crippen molar-refractivity contribution in [3.05, 3.63) is 84.2 Å². The Morgan fingerprint density at radius 3 is 2.44 bits per heavy atom. The Balaban J connectivity index is 1.46. The number of rotatable bonds is 9. The van der Waals surface area contributed by atoms with E-state index in [9.17, 15) is 4.79 Å². The zero-order chi connectivity index (χ0) is 22.3. The topological polar surface area (TPSA) is 74.6 Å². The first kappa shape index (κ1) is 21.2. The Labute approximate surface area is 186 Å². The molecule has 0 aliphatic heterocycles. The molecule has 4 aromatic rings. The van der Waals surface area contributed by atoms with Gasteiger partial charge < -0.3 is 24.1 Å². The molecule has 1 amide bonds. The number of fused-ring (bicyclic) bond motifs is 1. The number of hydrogen-bond donors (Lipinski definition) is 1. The van der Waals surface area contributed by atoms with Crippen molar-refractivity contribution in [1.82, 2.24) is 14.9 Å². The third-order valence-corrected chi connectivity index (χ3v) is 5.12. The first-order valence-corrected chi connectivity index (χ1v) is 10.3. The van der Waals surface area contributed by atoms with Gasteiger partial charge >= 0.3 is 0 Å². The van der Waals surface area contributed by atoms with Crippen molar-refractivity contribution in [1.29, 1.82) is 0 Å². The van der Waals surface area contributed by atoms with Crippen molar-refractivity contribution in [3.63, 3.8) is 0 Å². The van der Waals surface area contributed by atoms with Gasteiger partial charge in [-0.1, -0.05) is 18.2 Å². The Morgan fingerprint density at radius 2 is 1.66 bits per heavy atom. The molecule has 0 aliphatic carbocycles. The average Bonchev–Trinajstić information content (AvgIpc) is 3.20. The molecule has 0 saturated heterocycles. The van der Waals surface area contributed by atoms with Crippen LogP contribution in [0.1, 0.15) is 16.2 Å². The van der Waals surface area contributed by atoms with E-state index in [-0.39, 0.29) is 5.91 Å². The van der Waals surface area contributed by atoms with Gasteiger partial charge in [0.05, 0.1) is 38.3 Å². The minimum Gasteiger partial charge on any atom is -0.497 e. The fraction of sp³-hybridized carbons (Fsp3) is 0.200. The first-order valence-electron chi connectivity index (χ1n) is 10.3. The van der Waals surface area contributed by atoms with Crippen LogP contribution in [0.15, 0.2) is 72.8 Å². The number of amides is 1. The maximum absolute atomic E-state index is 12.6. The van der Waals surface area contributed by atoms with Gasteiger partial charge in [-0.05, 0) is 48.5 Å². The molecule has 0 radical (unpaired) electrons. The van der Waals surface area contributed by atoms with Gasteiger partial charge in [-0.2, -0.15) is 0 Å². The zero-order valence-corrected chi connectivity index (χ0v) is 18.1. The number of carbonyl (C=O) groups is 1. The third kappa shape index (κ3) is 4.83. The van der Waals surface area contributed by atoms with E-state index in [0.717, 1.165) is 28.4 Å². The van der Waals surface area contributed by atoms with Gasteiger partial charge in [0.1, 0.15) is 29.7 Å². The Hall–Kier alpha value is -4.00. The molecule has 0 bridgehead atoms. The highest BCUT2D eigenvalue weighted by Crippen LogP contribution is 2.20. The molecule has 164 valence electrons. The maximum atomic E-state index is 12.6. The van der Waals surface area contributed by atoms with Crippen LogP contribution in [0.4, 0.5) is 0 Å². The Kier molecular flexibility index (Phi) is 6.55. The lowest BCUT2D eigenvalue weighted by Gasteiger charge is -2.12. The van der Waals surface area contributed by atoms with Gasteiger partial charge in [0.2, 0.25) is 0 Å². The van der Waals surface area contributed by atoms with E-state index >= 15 is 0 Å². The van der Waals surface area contributed by atoms with Crippen LogP contribution < -0.4 is 19.5 Å². The summed E-state index contributed by atoms with van der Waals surface area (Å²) in [4.78, 5) is 17.3. The fourth-order valence-corrected chi connectivity index (χ4v) is 3.46. The van der Waals surface area contributed by atoms with Crippen LogP contribution in [0.2, 0.25) is 0 Å². The van der Waals surface area contributed by atoms with E-state index in [1.165, 1.54) is 0 Å². The van der Waals surface area contributed by atoms with Crippen molar-refractivity contribution in [2.45, 2.75) is 13.1 Å². The molecule has 0 fully saturated rings. The number of benzene rings is 3. The van der Waals surface area contributed by atoms with E-state index in [0.29, 0.717) is 31.0 Å². The molecule has 3 aromatic carbocycles.